The van der Waals surface area contributed by atoms with Crippen molar-refractivity contribution in [2.45, 2.75) is 26.8 Å². The van der Waals surface area contributed by atoms with Crippen molar-refractivity contribution in [3.63, 3.8) is 0 Å². The number of hydrogen-bond acceptors (Lipinski definition) is 5. The number of nitrogens with zero attached hydrogens (tertiary/aromatic N) is 2. The van der Waals surface area contributed by atoms with Crippen LogP contribution >= 0.6 is 11.3 Å². The van der Waals surface area contributed by atoms with Gasteiger partial charge in [-0.1, -0.05) is 5.16 Å². The summed E-state index contributed by atoms with van der Waals surface area (Å²) in [6.45, 7) is 5.73. The molecule has 2 heterocycles. The SMILES string of the molecule is Cc1noc(C)c1-c1nc(C(C)N)cs1. The zero-order valence-electron chi connectivity index (χ0n) is 8.94. The van der Waals surface area contributed by atoms with Crippen molar-refractivity contribution >= 4 is 11.3 Å². The molecule has 2 rings (SSSR count). The zero-order valence-corrected chi connectivity index (χ0v) is 9.76. The second-order valence-electron chi connectivity index (χ2n) is 3.57. The van der Waals surface area contributed by atoms with E-state index in [1.807, 2.05) is 26.2 Å². The van der Waals surface area contributed by atoms with Crippen LogP contribution in [0.5, 0.6) is 0 Å². The molecule has 0 saturated carbocycles. The molecule has 0 bridgehead atoms. The number of aromatic nitrogens is 2. The van der Waals surface area contributed by atoms with E-state index >= 15 is 0 Å². The number of thiazole rings is 1. The highest BCUT2D eigenvalue weighted by Gasteiger charge is 2.15. The van der Waals surface area contributed by atoms with E-state index in [-0.39, 0.29) is 6.04 Å². The maximum absolute atomic E-state index is 5.76. The molecule has 0 amide bonds. The highest BCUT2D eigenvalue weighted by Crippen LogP contribution is 2.30. The summed E-state index contributed by atoms with van der Waals surface area (Å²) in [7, 11) is 0. The molecule has 0 aliphatic carbocycles. The van der Waals surface area contributed by atoms with E-state index < -0.39 is 0 Å². The van der Waals surface area contributed by atoms with Crippen LogP contribution in [0.4, 0.5) is 0 Å². The lowest BCUT2D eigenvalue weighted by atomic mass is 10.2. The third-order valence-electron chi connectivity index (χ3n) is 2.24. The van der Waals surface area contributed by atoms with Crippen molar-refractivity contribution in [2.75, 3.05) is 0 Å². The Balaban J connectivity index is 2.46. The summed E-state index contributed by atoms with van der Waals surface area (Å²) < 4.78 is 5.10. The Morgan fingerprint density at radius 3 is 2.67 bits per heavy atom. The van der Waals surface area contributed by atoms with Gasteiger partial charge < -0.3 is 10.3 Å². The summed E-state index contributed by atoms with van der Waals surface area (Å²) in [4.78, 5) is 4.47. The average molecular weight is 223 g/mol. The lowest BCUT2D eigenvalue weighted by Crippen LogP contribution is -2.04. The predicted octanol–water partition coefficient (Wildman–Crippen LogP) is 2.43. The van der Waals surface area contributed by atoms with Gasteiger partial charge in [0.15, 0.2) is 0 Å². The number of nitrogens with two attached hydrogens (primary N) is 1. The number of rotatable bonds is 2. The minimum absolute atomic E-state index is 0.0320. The number of hydrogen-bond donors (Lipinski definition) is 1. The molecule has 0 aromatic carbocycles. The van der Waals surface area contributed by atoms with Crippen LogP contribution in [0.15, 0.2) is 9.90 Å². The predicted molar refractivity (Wildman–Crippen MR) is 59.7 cm³/mol. The van der Waals surface area contributed by atoms with Gasteiger partial charge in [0.2, 0.25) is 0 Å². The smallest absolute Gasteiger partial charge is 0.144 e. The summed E-state index contributed by atoms with van der Waals surface area (Å²) in [5.41, 5.74) is 8.54. The largest absolute Gasteiger partial charge is 0.361 e. The lowest BCUT2D eigenvalue weighted by molar-refractivity contribution is 0.393. The molecule has 0 fully saturated rings. The summed E-state index contributed by atoms with van der Waals surface area (Å²) in [5.74, 6) is 0.804. The first kappa shape index (κ1) is 10.3. The minimum Gasteiger partial charge on any atom is -0.361 e. The van der Waals surface area contributed by atoms with Crippen LogP contribution in [-0.4, -0.2) is 10.1 Å². The standard InChI is InChI=1S/C10H13N3OS/c1-5(11)8-4-15-10(12-8)9-6(2)13-14-7(9)3/h4-5H,11H2,1-3H3. The summed E-state index contributed by atoms with van der Waals surface area (Å²) >= 11 is 1.57. The molecule has 2 aromatic rings. The normalized spacial score (nSPS) is 13.1. The van der Waals surface area contributed by atoms with E-state index in [0.29, 0.717) is 0 Å². The molecule has 2 N–H and O–H groups in total. The second kappa shape index (κ2) is 3.75. The van der Waals surface area contributed by atoms with Crippen LogP contribution in [-0.2, 0) is 0 Å². The van der Waals surface area contributed by atoms with E-state index in [1.165, 1.54) is 0 Å². The maximum atomic E-state index is 5.76. The molecule has 5 heteroatoms. The lowest BCUT2D eigenvalue weighted by Gasteiger charge is -1.97. The van der Waals surface area contributed by atoms with E-state index in [9.17, 15) is 0 Å². The first-order chi connectivity index (χ1) is 7.09. The van der Waals surface area contributed by atoms with Gasteiger partial charge in [0.05, 0.1) is 17.0 Å². The highest BCUT2D eigenvalue weighted by atomic mass is 32.1. The molecule has 15 heavy (non-hydrogen) atoms. The van der Waals surface area contributed by atoms with Crippen molar-refractivity contribution in [2.24, 2.45) is 5.73 Å². The molecule has 0 saturated heterocycles. The van der Waals surface area contributed by atoms with Crippen molar-refractivity contribution in [3.05, 3.63) is 22.5 Å². The molecular formula is C10H13N3OS. The molecule has 0 spiro atoms. The first-order valence-electron chi connectivity index (χ1n) is 4.74. The Morgan fingerprint density at radius 1 is 1.47 bits per heavy atom. The molecule has 0 aliphatic rings. The molecule has 2 aromatic heterocycles. The van der Waals surface area contributed by atoms with E-state index in [2.05, 4.69) is 10.1 Å². The Hall–Kier alpha value is -1.20. The van der Waals surface area contributed by atoms with Gasteiger partial charge in [0.1, 0.15) is 10.8 Å². The van der Waals surface area contributed by atoms with Crippen molar-refractivity contribution < 1.29 is 4.52 Å². The topological polar surface area (TPSA) is 64.9 Å². The molecule has 0 aliphatic heterocycles. The fourth-order valence-electron chi connectivity index (χ4n) is 1.40. The molecule has 4 nitrogen and oxygen atoms in total. The van der Waals surface area contributed by atoms with Gasteiger partial charge in [-0.3, -0.25) is 0 Å². The third kappa shape index (κ3) is 1.80. The Kier molecular flexibility index (Phi) is 2.58. The summed E-state index contributed by atoms with van der Waals surface area (Å²) in [6.07, 6.45) is 0. The molecule has 0 radical (unpaired) electrons. The number of aryl methyl sites for hydroxylation is 2. The second-order valence-corrected chi connectivity index (χ2v) is 4.42. The van der Waals surface area contributed by atoms with Crippen LogP contribution in [0, 0.1) is 13.8 Å². The molecular weight excluding hydrogens is 210 g/mol. The monoisotopic (exact) mass is 223 g/mol. The Labute approximate surface area is 92.1 Å². The molecule has 1 atom stereocenters. The van der Waals surface area contributed by atoms with E-state index in [4.69, 9.17) is 10.3 Å². The van der Waals surface area contributed by atoms with Crippen LogP contribution in [0.3, 0.4) is 0 Å². The fourth-order valence-corrected chi connectivity index (χ4v) is 2.47. The fraction of sp³-hybridized carbons (Fsp3) is 0.400. The van der Waals surface area contributed by atoms with Gasteiger partial charge >= 0.3 is 0 Å². The van der Waals surface area contributed by atoms with Gasteiger partial charge in [-0.15, -0.1) is 11.3 Å². The average Bonchev–Trinajstić information content (AvgIpc) is 2.73. The van der Waals surface area contributed by atoms with Crippen LogP contribution in [0.2, 0.25) is 0 Å². The molecule has 80 valence electrons. The van der Waals surface area contributed by atoms with Crippen molar-refractivity contribution in [3.8, 4) is 10.6 Å². The third-order valence-corrected chi connectivity index (χ3v) is 3.11. The Bertz CT molecular complexity index is 453. The zero-order chi connectivity index (χ0) is 11.0. The highest BCUT2D eigenvalue weighted by molar-refractivity contribution is 7.13. The van der Waals surface area contributed by atoms with Gasteiger partial charge in [-0.2, -0.15) is 0 Å². The quantitative estimate of drug-likeness (QED) is 0.849. The molecule has 1 unspecified atom stereocenters. The van der Waals surface area contributed by atoms with Crippen LogP contribution < -0.4 is 5.73 Å². The van der Waals surface area contributed by atoms with E-state index in [0.717, 1.165) is 27.7 Å². The first-order valence-corrected chi connectivity index (χ1v) is 5.62. The summed E-state index contributed by atoms with van der Waals surface area (Å²) in [5, 5.41) is 6.81. The van der Waals surface area contributed by atoms with Gasteiger partial charge in [0.25, 0.3) is 0 Å². The Morgan fingerprint density at radius 2 is 2.20 bits per heavy atom. The van der Waals surface area contributed by atoms with E-state index in [1.54, 1.807) is 11.3 Å². The minimum atomic E-state index is -0.0320. The van der Waals surface area contributed by atoms with Gasteiger partial charge in [0, 0.05) is 11.4 Å². The van der Waals surface area contributed by atoms with Gasteiger partial charge in [-0.05, 0) is 20.8 Å². The van der Waals surface area contributed by atoms with Crippen LogP contribution in [0.25, 0.3) is 10.6 Å². The van der Waals surface area contributed by atoms with Crippen LogP contribution in [0.1, 0.15) is 30.1 Å². The van der Waals surface area contributed by atoms with Crippen molar-refractivity contribution in [1.82, 2.24) is 10.1 Å². The van der Waals surface area contributed by atoms with Crippen molar-refractivity contribution in [1.29, 1.82) is 0 Å². The van der Waals surface area contributed by atoms with Gasteiger partial charge in [-0.25, -0.2) is 4.98 Å². The maximum Gasteiger partial charge on any atom is 0.144 e. The summed E-state index contributed by atoms with van der Waals surface area (Å²) in [6, 6.07) is -0.0320.